The van der Waals surface area contributed by atoms with Crippen molar-refractivity contribution < 1.29 is 9.72 Å². The molecule has 0 aliphatic carbocycles. The minimum atomic E-state index is -0.531. The first-order valence-corrected chi connectivity index (χ1v) is 12.2. The molecule has 10 nitrogen and oxygen atoms in total. The molecule has 4 aromatic rings. The number of fused-ring (bicyclic) bond motifs is 1. The van der Waals surface area contributed by atoms with Gasteiger partial charge < -0.3 is 10.2 Å². The van der Waals surface area contributed by atoms with Gasteiger partial charge in [0.1, 0.15) is 11.0 Å². The summed E-state index contributed by atoms with van der Waals surface area (Å²) < 4.78 is 0. The number of hydrogen-bond acceptors (Lipinski definition) is 7. The van der Waals surface area contributed by atoms with Crippen LogP contribution in [-0.4, -0.2) is 44.0 Å². The maximum absolute atomic E-state index is 12.7. The number of benzene rings is 3. The van der Waals surface area contributed by atoms with Gasteiger partial charge in [-0.3, -0.25) is 20.2 Å². The summed E-state index contributed by atoms with van der Waals surface area (Å²) in [7, 11) is 0. The highest BCUT2D eigenvalue weighted by Gasteiger charge is 2.19. The number of anilines is 2. The predicted octanol–water partition coefficient (Wildman–Crippen LogP) is 4.92. The van der Waals surface area contributed by atoms with E-state index in [1.807, 2.05) is 31.2 Å². The zero-order chi connectivity index (χ0) is 26.7. The predicted molar refractivity (Wildman–Crippen MR) is 149 cm³/mol. The van der Waals surface area contributed by atoms with E-state index in [9.17, 15) is 14.9 Å². The van der Waals surface area contributed by atoms with Crippen molar-refractivity contribution in [3.8, 4) is 5.69 Å². The number of nitro groups is 1. The van der Waals surface area contributed by atoms with E-state index in [1.165, 1.54) is 25.1 Å². The lowest BCUT2D eigenvalue weighted by Crippen LogP contribution is -2.34. The van der Waals surface area contributed by atoms with E-state index in [1.54, 1.807) is 4.80 Å². The third-order valence-electron chi connectivity index (χ3n) is 6.16. The van der Waals surface area contributed by atoms with E-state index in [4.69, 9.17) is 12.2 Å². The Balaban J connectivity index is 1.51. The first-order valence-electron chi connectivity index (χ1n) is 11.8. The smallest absolute Gasteiger partial charge is 0.273 e. The summed E-state index contributed by atoms with van der Waals surface area (Å²) in [6.07, 6.45) is 0. The van der Waals surface area contributed by atoms with Crippen molar-refractivity contribution >= 4 is 51.3 Å². The summed E-state index contributed by atoms with van der Waals surface area (Å²) in [6.45, 7) is 9.54. The monoisotopic (exact) mass is 517 g/mol. The van der Waals surface area contributed by atoms with Gasteiger partial charge in [-0.15, -0.1) is 10.2 Å². The lowest BCUT2D eigenvalue weighted by Gasteiger charge is -2.20. The van der Waals surface area contributed by atoms with E-state index in [0.29, 0.717) is 11.2 Å². The van der Waals surface area contributed by atoms with Crippen LogP contribution >= 0.6 is 12.2 Å². The van der Waals surface area contributed by atoms with Crippen molar-refractivity contribution in [1.29, 1.82) is 0 Å². The molecule has 0 atom stereocenters. The Morgan fingerprint density at radius 3 is 2.32 bits per heavy atom. The van der Waals surface area contributed by atoms with Crippen molar-refractivity contribution in [3.63, 3.8) is 0 Å². The summed E-state index contributed by atoms with van der Waals surface area (Å²) in [5.74, 6) is -0.531. The summed E-state index contributed by atoms with van der Waals surface area (Å²) >= 11 is 5.34. The molecule has 0 aliphatic heterocycles. The van der Waals surface area contributed by atoms with Crippen molar-refractivity contribution in [2.24, 2.45) is 0 Å². The molecule has 2 N–H and O–H groups in total. The van der Waals surface area contributed by atoms with Crippen LogP contribution in [0.15, 0.2) is 54.6 Å². The van der Waals surface area contributed by atoms with Crippen molar-refractivity contribution in [2.45, 2.75) is 27.7 Å². The van der Waals surface area contributed by atoms with Crippen LogP contribution in [0.1, 0.15) is 35.3 Å². The maximum atomic E-state index is 12.7. The molecule has 1 heterocycles. The molecule has 190 valence electrons. The van der Waals surface area contributed by atoms with Crippen LogP contribution in [0, 0.1) is 24.0 Å². The molecule has 0 saturated carbocycles. The number of amides is 1. The number of aryl methyl sites for hydroxylation is 1. The van der Waals surface area contributed by atoms with Gasteiger partial charge in [-0.2, -0.15) is 4.80 Å². The molecule has 0 saturated heterocycles. The van der Waals surface area contributed by atoms with Gasteiger partial charge in [-0.1, -0.05) is 6.07 Å². The normalized spacial score (nSPS) is 10.8. The fourth-order valence-electron chi connectivity index (χ4n) is 4.09. The Morgan fingerprint density at radius 1 is 1.05 bits per heavy atom. The van der Waals surface area contributed by atoms with Crippen molar-refractivity contribution in [3.05, 3.63) is 81.4 Å². The van der Waals surface area contributed by atoms with E-state index in [0.717, 1.165) is 35.5 Å². The van der Waals surface area contributed by atoms with E-state index in [2.05, 4.69) is 51.7 Å². The summed E-state index contributed by atoms with van der Waals surface area (Å²) in [4.78, 5) is 27.2. The third kappa shape index (κ3) is 5.41. The number of nitrogens with zero attached hydrogens (tertiary/aromatic N) is 5. The number of carbonyl (C=O) groups excluding carboxylic acids is 1. The lowest BCUT2D eigenvalue weighted by atomic mass is 10.1. The number of nitrogens with one attached hydrogen (secondary N) is 2. The fraction of sp³-hybridized carbons (Fsp3) is 0.231. The molecule has 0 spiro atoms. The Kier molecular flexibility index (Phi) is 7.44. The Hall–Kier alpha value is -4.38. The summed E-state index contributed by atoms with van der Waals surface area (Å²) in [5, 5.41) is 26.1. The number of aromatic nitrogens is 3. The van der Waals surface area contributed by atoms with Crippen LogP contribution in [-0.2, 0) is 0 Å². The minimum absolute atomic E-state index is 0.0674. The second-order valence-corrected chi connectivity index (χ2v) is 8.86. The Labute approximate surface area is 219 Å². The molecule has 0 radical (unpaired) electrons. The van der Waals surface area contributed by atoms with Gasteiger partial charge in [0.15, 0.2) is 5.11 Å². The standard InChI is InChI=1S/C26H27N7O3S/c1-5-31(6-2)18-10-12-19(13-11-18)32-29-22-14-16(3)21(15-23(22)30-32)27-26(37)28-25(34)20-8-7-9-24(17(20)4)33(35)36/h7-15H,5-6H2,1-4H3,(H2,27,28,34,37). The molecule has 11 heteroatoms. The van der Waals surface area contributed by atoms with Gasteiger partial charge >= 0.3 is 0 Å². The average Bonchev–Trinajstić information content (AvgIpc) is 3.28. The van der Waals surface area contributed by atoms with E-state index in [-0.39, 0.29) is 21.9 Å². The topological polar surface area (TPSA) is 118 Å². The number of rotatable bonds is 7. The SMILES string of the molecule is CCN(CC)c1ccc(-n2nc3cc(C)c(NC(=S)NC(=O)c4cccc([N+](=O)[O-])c4C)cc3n2)cc1. The molecule has 0 fully saturated rings. The van der Waals surface area contributed by atoms with Crippen LogP contribution in [0.3, 0.4) is 0 Å². The molecule has 3 aromatic carbocycles. The molecular weight excluding hydrogens is 490 g/mol. The number of nitro benzene ring substituents is 1. The number of carbonyl (C=O) groups is 1. The van der Waals surface area contributed by atoms with Gasteiger partial charge in [0, 0.05) is 41.7 Å². The highest BCUT2D eigenvalue weighted by Crippen LogP contribution is 2.24. The quantitative estimate of drug-likeness (QED) is 0.202. The fourth-order valence-corrected chi connectivity index (χ4v) is 4.30. The number of hydrogen-bond donors (Lipinski definition) is 2. The van der Waals surface area contributed by atoms with Gasteiger partial charge in [0.2, 0.25) is 0 Å². The highest BCUT2D eigenvalue weighted by molar-refractivity contribution is 7.80. The van der Waals surface area contributed by atoms with Gasteiger partial charge in [0.25, 0.3) is 11.6 Å². The second-order valence-electron chi connectivity index (χ2n) is 8.45. The molecule has 1 amide bonds. The minimum Gasteiger partial charge on any atom is -0.372 e. The molecule has 1 aromatic heterocycles. The van der Waals surface area contributed by atoms with E-state index < -0.39 is 10.8 Å². The van der Waals surface area contributed by atoms with Crippen LogP contribution < -0.4 is 15.5 Å². The Morgan fingerprint density at radius 2 is 1.70 bits per heavy atom. The molecule has 0 aliphatic rings. The zero-order valence-corrected chi connectivity index (χ0v) is 21.8. The van der Waals surface area contributed by atoms with Crippen molar-refractivity contribution in [1.82, 2.24) is 20.3 Å². The van der Waals surface area contributed by atoms with Crippen LogP contribution in [0.5, 0.6) is 0 Å². The van der Waals surface area contributed by atoms with Gasteiger partial charge in [0.05, 0.1) is 10.6 Å². The van der Waals surface area contributed by atoms with Gasteiger partial charge in [-0.05, 0) is 87.9 Å². The maximum Gasteiger partial charge on any atom is 0.273 e. The molecule has 37 heavy (non-hydrogen) atoms. The first kappa shape index (κ1) is 25.7. The number of thiocarbonyl (C=S) groups is 1. The largest absolute Gasteiger partial charge is 0.372 e. The average molecular weight is 518 g/mol. The molecule has 0 bridgehead atoms. The van der Waals surface area contributed by atoms with E-state index >= 15 is 0 Å². The molecule has 0 unspecified atom stereocenters. The molecule has 4 rings (SSSR count). The summed E-state index contributed by atoms with van der Waals surface area (Å²) in [6, 6.07) is 16.1. The second kappa shape index (κ2) is 10.7. The Bertz CT molecular complexity index is 1490. The van der Waals surface area contributed by atoms with Crippen molar-refractivity contribution in [2.75, 3.05) is 23.3 Å². The lowest BCUT2D eigenvalue weighted by molar-refractivity contribution is -0.385. The van der Waals surface area contributed by atoms with Crippen LogP contribution in [0.4, 0.5) is 17.1 Å². The van der Waals surface area contributed by atoms with Crippen LogP contribution in [0.2, 0.25) is 0 Å². The third-order valence-corrected chi connectivity index (χ3v) is 6.36. The first-order chi connectivity index (χ1) is 17.7. The van der Waals surface area contributed by atoms with Gasteiger partial charge in [-0.25, -0.2) is 0 Å². The molecular formula is C26H27N7O3S. The zero-order valence-electron chi connectivity index (χ0n) is 21.0. The van der Waals surface area contributed by atoms with Crippen LogP contribution in [0.25, 0.3) is 16.7 Å². The highest BCUT2D eigenvalue weighted by atomic mass is 32.1. The summed E-state index contributed by atoms with van der Waals surface area (Å²) in [5.41, 5.74) is 5.21.